The molecule has 0 aliphatic carbocycles. The van der Waals surface area contributed by atoms with Gasteiger partial charge in [-0.05, 0) is 110 Å². The summed E-state index contributed by atoms with van der Waals surface area (Å²) in [6.45, 7) is 21.6. The van der Waals surface area contributed by atoms with Gasteiger partial charge in [0.1, 0.15) is 55.6 Å². The Morgan fingerprint density at radius 2 is 0.719 bits per heavy atom. The fourth-order valence-corrected chi connectivity index (χ4v) is 13.6. The fraction of sp³-hybridized carbons (Fsp3) is 0.714. The second-order valence-electron chi connectivity index (χ2n) is 26.3. The van der Waals surface area contributed by atoms with Crippen LogP contribution in [0.4, 0.5) is 17.5 Å². The van der Waals surface area contributed by atoms with Gasteiger partial charge in [-0.15, -0.1) is 39.6 Å². The third-order valence-corrected chi connectivity index (χ3v) is 20.5. The minimum absolute atomic E-state index is 0.423. The Morgan fingerprint density at radius 3 is 1.02 bits per heavy atom. The lowest BCUT2D eigenvalue weighted by Crippen LogP contribution is -2.31. The van der Waals surface area contributed by atoms with Crippen LogP contribution >= 0.6 is 20.7 Å². The molecule has 33 heteroatoms. The van der Waals surface area contributed by atoms with Crippen molar-refractivity contribution in [1.82, 2.24) is 58.6 Å². The van der Waals surface area contributed by atoms with E-state index in [0.717, 1.165) is 63.7 Å². The zero-order valence-electron chi connectivity index (χ0n) is 57.4. The Labute approximate surface area is 564 Å². The van der Waals surface area contributed by atoms with Gasteiger partial charge in [0, 0.05) is 32.8 Å². The maximum Gasteiger partial charge on any atom is 0.167 e. The number of hydrogen-bond acceptors (Lipinski definition) is 27. The van der Waals surface area contributed by atoms with E-state index < -0.39 is 94.3 Å². The number of anilines is 3. The molecule has 0 radical (unpaired) electrons. The van der Waals surface area contributed by atoms with E-state index in [1.807, 2.05) is 0 Å². The highest BCUT2D eigenvalue weighted by atomic mass is 31.2. The molecule has 3 aliphatic rings. The third-order valence-electron chi connectivity index (χ3n) is 16.1. The summed E-state index contributed by atoms with van der Waals surface area (Å²) in [5.41, 5.74) is 8.89. The molecule has 9 rings (SSSR count). The van der Waals surface area contributed by atoms with E-state index in [0.29, 0.717) is 149 Å². The molecule has 3 fully saturated rings. The summed E-state index contributed by atoms with van der Waals surface area (Å²) < 4.78 is 50.5. The number of imidazole rings is 3. The number of aliphatic hydroxyl groups excluding tert-OH is 6. The minimum Gasteiger partial charge on any atom is -0.388 e. The average molecular weight is 1410 g/mol. The summed E-state index contributed by atoms with van der Waals surface area (Å²) in [4.78, 5) is 39.1. The first-order chi connectivity index (χ1) is 45.9. The van der Waals surface area contributed by atoms with Gasteiger partial charge >= 0.3 is 0 Å². The predicted octanol–water partition coefficient (Wildman–Crippen LogP) is 3.90. The second kappa shape index (κ2) is 38.8. The molecule has 30 nitrogen and oxygen atoms in total. The Balaban J connectivity index is 0.000000213. The number of ether oxygens (including phenoxy) is 8. The van der Waals surface area contributed by atoms with Crippen molar-refractivity contribution in [2.75, 3.05) is 167 Å². The maximum atomic E-state index is 10.7. The van der Waals surface area contributed by atoms with Crippen molar-refractivity contribution >= 4 is 90.5 Å². The van der Waals surface area contributed by atoms with E-state index in [-0.39, 0.29) is 0 Å². The molecule has 0 spiro atoms. The zero-order valence-corrected chi connectivity index (χ0v) is 60.1. The highest BCUT2D eigenvalue weighted by molar-refractivity contribution is 7.72. The molecule has 96 heavy (non-hydrogen) atoms. The molecule has 0 bridgehead atoms. The molecule has 0 saturated carbocycles. The molecule has 6 aromatic rings. The molecular weight excluding hydrogens is 1300 g/mol. The maximum absolute atomic E-state index is 10.7. The number of nitrogens with one attached hydrogen (secondary N) is 3. The number of nitrogens with two attached hydrogens (primary N) is 1. The molecular formula is C63H109N16O14P3. The number of rotatable bonds is 39. The first-order valence-electron chi connectivity index (χ1n) is 33.3. The molecule has 9 heterocycles. The van der Waals surface area contributed by atoms with E-state index in [9.17, 15) is 30.6 Å². The van der Waals surface area contributed by atoms with Crippen LogP contribution in [-0.4, -0.2) is 314 Å². The number of hydrogen-bond donors (Lipinski definition) is 10. The molecule has 3 unspecified atom stereocenters. The van der Waals surface area contributed by atoms with Gasteiger partial charge in [-0.1, -0.05) is 20.3 Å². The number of nitrogens with zero attached hydrogens (tertiary/aromatic N) is 12. The fourth-order valence-electron chi connectivity index (χ4n) is 10.7. The van der Waals surface area contributed by atoms with Crippen molar-refractivity contribution in [2.24, 2.45) is 5.73 Å². The smallest absolute Gasteiger partial charge is 0.167 e. The van der Waals surface area contributed by atoms with E-state index in [4.69, 9.17) is 43.6 Å². The molecule has 0 amide bonds. The summed E-state index contributed by atoms with van der Waals surface area (Å²) in [5, 5.41) is 73.0. The molecule has 540 valence electrons. The van der Waals surface area contributed by atoms with Crippen molar-refractivity contribution in [3.8, 4) is 0 Å². The topological polar surface area (TPSA) is 388 Å². The Hall–Kier alpha value is -4.65. The Kier molecular flexibility index (Phi) is 31.8. The van der Waals surface area contributed by atoms with E-state index in [1.165, 1.54) is 19.0 Å². The quantitative estimate of drug-likeness (QED) is 0.0193. The number of aromatic nitrogens is 12. The summed E-state index contributed by atoms with van der Waals surface area (Å²) in [5.74, 6) is 1.91. The summed E-state index contributed by atoms with van der Waals surface area (Å²) in [6.07, 6.45) is 21.5. The van der Waals surface area contributed by atoms with E-state index >= 15 is 0 Å². The highest BCUT2D eigenvalue weighted by Gasteiger charge is 2.47. The van der Waals surface area contributed by atoms with Crippen molar-refractivity contribution in [2.45, 2.75) is 139 Å². The van der Waals surface area contributed by atoms with Gasteiger partial charge in [0.05, 0.1) is 90.1 Å². The molecule has 3 saturated heterocycles. The van der Waals surface area contributed by atoms with Crippen LogP contribution in [-0.2, 0) is 37.9 Å². The van der Waals surface area contributed by atoms with Gasteiger partial charge in [0.2, 0.25) is 0 Å². The van der Waals surface area contributed by atoms with Gasteiger partial charge in [0.25, 0.3) is 0 Å². The number of unbranched alkanes of at least 4 members (excludes halogenated alkanes) is 1. The summed E-state index contributed by atoms with van der Waals surface area (Å²) in [6, 6.07) is 0. The van der Waals surface area contributed by atoms with Gasteiger partial charge in [0.15, 0.2) is 69.6 Å². The van der Waals surface area contributed by atoms with Crippen molar-refractivity contribution in [1.29, 1.82) is 0 Å². The van der Waals surface area contributed by atoms with Crippen LogP contribution < -0.4 is 21.7 Å². The minimum atomic E-state index is -1.27. The van der Waals surface area contributed by atoms with Crippen molar-refractivity contribution < 1.29 is 68.5 Å². The van der Waals surface area contributed by atoms with Crippen LogP contribution in [0.3, 0.4) is 0 Å². The van der Waals surface area contributed by atoms with E-state index in [1.54, 1.807) is 32.7 Å². The number of fused-ring (bicyclic) bond motifs is 3. The van der Waals surface area contributed by atoms with Crippen LogP contribution in [0.5, 0.6) is 0 Å². The highest BCUT2D eigenvalue weighted by Crippen LogP contribution is 2.43. The molecule has 12 atom stereocenters. The van der Waals surface area contributed by atoms with Crippen LogP contribution in [0.15, 0.2) is 38.0 Å². The van der Waals surface area contributed by atoms with Gasteiger partial charge in [-0.3, -0.25) is 13.7 Å². The average Bonchev–Trinajstić information content (AvgIpc) is 1.64. The van der Waals surface area contributed by atoms with Crippen LogP contribution in [0.2, 0.25) is 0 Å². The number of aliphatic hydroxyl groups is 6. The van der Waals surface area contributed by atoms with Crippen LogP contribution in [0, 0.1) is 0 Å². The van der Waals surface area contributed by atoms with Crippen molar-refractivity contribution in [3.63, 3.8) is 0 Å². The monoisotopic (exact) mass is 1410 g/mol. The Bertz CT molecular complexity index is 3410. The molecule has 3 aliphatic heterocycles. The first kappa shape index (κ1) is 78.7. The normalized spacial score (nSPS) is 23.8. The SMILES string of the molecule is C=P(C)(C)CC[C@H]1OC(n2cnc3c(NCCC)ncnc32)[C@H](O)[C@@H]1O.C=P(C)(C)CC[C@H]1OC(n2cnc3c(NCCCC)ncnc32)[C@H](O)[C@@H]1O.C=P(C)(C)CC[C@H]1OC(n2cnc3c(NCCCOCCOCCOCCOCCOCCCN)ncnc32)[C@H](O)[C@@H]1O. The van der Waals surface area contributed by atoms with Gasteiger partial charge < -0.3 is 90.2 Å². The second-order valence-corrected chi connectivity index (χ2v) is 39.3. The predicted molar refractivity (Wildman–Crippen MR) is 383 cm³/mol. The largest absolute Gasteiger partial charge is 0.388 e. The third kappa shape index (κ3) is 23.5. The van der Waals surface area contributed by atoms with Gasteiger partial charge in [-0.25, -0.2) is 44.9 Å². The summed E-state index contributed by atoms with van der Waals surface area (Å²) in [7, 11) is 0. The van der Waals surface area contributed by atoms with E-state index in [2.05, 4.69) is 134 Å². The lowest BCUT2D eigenvalue weighted by molar-refractivity contribution is -0.0353. The van der Waals surface area contributed by atoms with Crippen LogP contribution in [0.25, 0.3) is 33.5 Å². The standard InChI is InChI=1S/C28H51N6O8P.C18H30N5O3P.C17H28N5O3P/c1-43(2,3)19-6-22-24(35)25(36)28(42-22)34-21-33-23-26(31-20-32-27(23)34)30-8-5-10-38-12-14-40-16-18-41-17-15-39-13-11-37-9-4-7-29;1-5-6-8-19-16-13-17(21-10-20-16)23(11-22-13)18-15(25)14(24)12(26-18)7-9-27(2,3)4;1-5-7-18-15-12-16(20-9-19-15)22(10-21-12)17-14(24)13(23)11(25-17)6-8-26(2,3)4/h20-22,24-25,28,35-36H,1,4-19,29H2,2-3H3,(H,30,31,32);10-12,14-15,18,24-25H,2,5-9H2,1,3-4H3,(H,19,20,21);9-11,13-14,17,23-24H,2,5-8H2,1,3-4H3,(H,18,19,20)/t22-,24-,25-,28?;12-,14-,15-,18?;11-,13-,14-,17?/m111/s1. The summed E-state index contributed by atoms with van der Waals surface area (Å²) >= 11 is 0. The Morgan fingerprint density at radius 1 is 0.417 bits per heavy atom. The van der Waals surface area contributed by atoms with Crippen molar-refractivity contribution in [3.05, 3.63) is 38.0 Å². The lowest BCUT2D eigenvalue weighted by atomic mass is 10.1. The molecule has 6 aromatic heterocycles. The zero-order chi connectivity index (χ0) is 69.4. The molecule has 0 aromatic carbocycles. The first-order valence-corrected chi connectivity index (χ1v) is 42.5. The molecule has 11 N–H and O–H groups in total. The van der Waals surface area contributed by atoms with Crippen LogP contribution in [0.1, 0.15) is 83.9 Å². The lowest BCUT2D eigenvalue weighted by Gasteiger charge is -2.18. The van der Waals surface area contributed by atoms with Gasteiger partial charge in [-0.2, -0.15) is 0 Å².